The summed E-state index contributed by atoms with van der Waals surface area (Å²) in [4.78, 5) is 59.8. The number of hydrogen-bond acceptors (Lipinski definition) is 11. The Morgan fingerprint density at radius 2 is 2.14 bits per heavy atom. The molecule has 0 aliphatic carbocycles. The molecule has 15 nitrogen and oxygen atoms in total. The van der Waals surface area contributed by atoms with Crippen molar-refractivity contribution in [3.8, 4) is 0 Å². The van der Waals surface area contributed by atoms with Gasteiger partial charge in [0.15, 0.2) is 0 Å². The number of carbonyl (C=O) groups is 2. The van der Waals surface area contributed by atoms with Gasteiger partial charge in [0.2, 0.25) is 0 Å². The van der Waals surface area contributed by atoms with Crippen LogP contribution in [0.4, 0.5) is 4.79 Å². The quantitative estimate of drug-likeness (QED) is 0.168. The second-order valence-corrected chi connectivity index (χ2v) is 9.48. The number of nitrogens with zero attached hydrogens (tertiary/aromatic N) is 1. The fourth-order valence-corrected chi connectivity index (χ4v) is 5.17. The van der Waals surface area contributed by atoms with Gasteiger partial charge in [-0.25, -0.2) is 0 Å². The monoisotopic (exact) mass is 470 g/mol. The number of hydrogen-bond donors (Lipinski definition) is 6. The van der Waals surface area contributed by atoms with Crippen molar-refractivity contribution in [2.45, 2.75) is 31.8 Å². The molecule has 3 amide bonds. The molecule has 0 spiro atoms. The van der Waals surface area contributed by atoms with Crippen molar-refractivity contribution in [2.75, 3.05) is 6.61 Å². The van der Waals surface area contributed by atoms with E-state index in [9.17, 15) is 33.6 Å². The number of allylic oxidation sites excluding steroid dienone is 1. The van der Waals surface area contributed by atoms with Gasteiger partial charge in [0.05, 0.1) is 0 Å². The molecule has 1 aliphatic rings. The molecular formula is C10H21N2O13P3. The van der Waals surface area contributed by atoms with E-state index in [0.717, 1.165) is 4.90 Å². The van der Waals surface area contributed by atoms with Gasteiger partial charge in [-0.2, -0.15) is 0 Å². The minimum absolute atomic E-state index is 0.134. The number of rotatable bonds is 10. The van der Waals surface area contributed by atoms with Crippen molar-refractivity contribution >= 4 is 36.7 Å². The van der Waals surface area contributed by atoms with Gasteiger partial charge in [0, 0.05) is 0 Å². The average molecular weight is 470 g/mol. The van der Waals surface area contributed by atoms with E-state index in [1.54, 1.807) is 6.92 Å². The second-order valence-electron chi connectivity index (χ2n) is 5.17. The normalized spacial score (nSPS) is 26.6. The molecule has 1 saturated heterocycles. The molecule has 0 aromatic rings. The van der Waals surface area contributed by atoms with Crippen LogP contribution < -0.4 is 5.32 Å². The third-order valence-electron chi connectivity index (χ3n) is 3.10. The number of ether oxygens (including phenoxy) is 1. The summed E-state index contributed by atoms with van der Waals surface area (Å²) in [6.45, 7) is 0.836. The predicted molar refractivity (Wildman–Crippen MR) is 92.5 cm³/mol. The molecule has 0 aromatic heterocycles. The fraction of sp³-hybridized carbons (Fsp3) is 0.600. The van der Waals surface area contributed by atoms with Crippen molar-refractivity contribution in [3.05, 3.63) is 12.3 Å². The molecule has 0 aromatic carbocycles. The van der Waals surface area contributed by atoms with E-state index in [0.29, 0.717) is 0 Å². The van der Waals surface area contributed by atoms with Crippen LogP contribution in [-0.2, 0) is 31.8 Å². The summed E-state index contributed by atoms with van der Waals surface area (Å²) in [7, 11) is -14.5. The minimum atomic E-state index is -5.32. The molecule has 1 aliphatic heterocycles. The van der Waals surface area contributed by atoms with Crippen LogP contribution in [0.15, 0.2) is 12.3 Å². The fourth-order valence-electron chi connectivity index (χ4n) is 2.10. The standard InChI is InChI=1S/C10H21N2O13P3/c1-2-3-12(10(15)11-6-13)9-4-7(14)8(23-9)5-22-27(18,19)25-28(20,21)24-26(16)17/h2-3,6-9,14,18-19,26-27H,4-5H2,1H3,(H,16,17)(H,20,21)(H,11,13,15)/b3-2-/t7-,8-,9-/m1/s1. The van der Waals surface area contributed by atoms with Crippen LogP contribution in [0.5, 0.6) is 0 Å². The summed E-state index contributed by atoms with van der Waals surface area (Å²) in [5.74, 6) is 0. The summed E-state index contributed by atoms with van der Waals surface area (Å²) in [6, 6.07) is -0.846. The Kier molecular flexibility index (Phi) is 9.77. The Morgan fingerprint density at radius 3 is 2.68 bits per heavy atom. The summed E-state index contributed by atoms with van der Waals surface area (Å²) >= 11 is 0. The summed E-state index contributed by atoms with van der Waals surface area (Å²) < 4.78 is 39.2. The number of imide groups is 1. The molecule has 1 heterocycles. The number of amides is 3. The number of aliphatic hydroxyl groups excluding tert-OH is 1. The van der Waals surface area contributed by atoms with E-state index >= 15 is 0 Å². The van der Waals surface area contributed by atoms with Gasteiger partial charge < -0.3 is 0 Å². The molecule has 0 bridgehead atoms. The van der Waals surface area contributed by atoms with Gasteiger partial charge in [-0.15, -0.1) is 0 Å². The molecule has 1 rings (SSSR count). The van der Waals surface area contributed by atoms with Crippen LogP contribution in [0, 0.1) is 0 Å². The summed E-state index contributed by atoms with van der Waals surface area (Å²) in [5.41, 5.74) is 0. The summed E-state index contributed by atoms with van der Waals surface area (Å²) in [6.07, 6.45) is -0.758. The zero-order chi connectivity index (χ0) is 21.5. The zero-order valence-corrected chi connectivity index (χ0v) is 17.2. The molecule has 18 heteroatoms. The first-order valence-electron chi connectivity index (χ1n) is 7.44. The van der Waals surface area contributed by atoms with Gasteiger partial charge in [-0.1, -0.05) is 0 Å². The number of carbonyl (C=O) groups excluding carboxylic acids is 2. The Balaban J connectivity index is 2.70. The molecule has 5 atom stereocenters. The molecule has 164 valence electrons. The van der Waals surface area contributed by atoms with Gasteiger partial charge in [0.25, 0.3) is 0 Å². The topological polar surface area (TPSA) is 222 Å². The van der Waals surface area contributed by atoms with Crippen LogP contribution in [0.1, 0.15) is 13.3 Å². The average Bonchev–Trinajstić information content (AvgIpc) is 2.89. The first-order chi connectivity index (χ1) is 12.9. The first kappa shape index (κ1) is 25.2. The maximum atomic E-state index is 11.8. The van der Waals surface area contributed by atoms with E-state index in [-0.39, 0.29) is 12.8 Å². The molecule has 2 unspecified atom stereocenters. The Labute approximate surface area is 159 Å². The Hall–Kier alpha value is -0.790. The van der Waals surface area contributed by atoms with Crippen molar-refractivity contribution in [1.29, 1.82) is 0 Å². The SMILES string of the molecule is C/C=C\N(C(=O)NC=O)[C@H]1C[C@@H](O)[C@@H](CO[PH](O)(O)OP(=O)(O)O[PH](=O)O)O1. The third-order valence-corrected chi connectivity index (χ3v) is 7.07. The molecule has 6 N–H and O–H groups in total. The molecule has 0 saturated carbocycles. The van der Waals surface area contributed by atoms with Crippen molar-refractivity contribution in [2.24, 2.45) is 0 Å². The van der Waals surface area contributed by atoms with E-state index < -0.39 is 55.3 Å². The number of nitrogens with one attached hydrogen (secondary N) is 1. The van der Waals surface area contributed by atoms with Crippen LogP contribution >= 0.6 is 24.2 Å². The number of phosphoric acid groups is 1. The first-order valence-corrected chi connectivity index (χ1v) is 11.9. The van der Waals surface area contributed by atoms with Gasteiger partial charge in [0.1, 0.15) is 0 Å². The second kappa shape index (κ2) is 10.8. The van der Waals surface area contributed by atoms with E-state index in [1.165, 1.54) is 12.3 Å². The van der Waals surface area contributed by atoms with E-state index in [1.807, 2.05) is 5.32 Å². The number of urea groups is 1. The maximum absolute atomic E-state index is 11.8. The van der Waals surface area contributed by atoms with E-state index in [4.69, 9.17) is 14.5 Å². The third kappa shape index (κ3) is 8.29. The predicted octanol–water partition coefficient (Wildman–Crippen LogP) is -0.909. The van der Waals surface area contributed by atoms with Crippen molar-refractivity contribution in [1.82, 2.24) is 10.2 Å². The van der Waals surface area contributed by atoms with Crippen LogP contribution in [-0.4, -0.2) is 67.1 Å². The van der Waals surface area contributed by atoms with Crippen molar-refractivity contribution < 1.29 is 61.3 Å². The van der Waals surface area contributed by atoms with Crippen LogP contribution in [0.25, 0.3) is 0 Å². The number of aliphatic hydroxyl groups is 1. The molecule has 28 heavy (non-hydrogen) atoms. The van der Waals surface area contributed by atoms with Crippen LogP contribution in [0.2, 0.25) is 0 Å². The molecule has 1 fully saturated rings. The summed E-state index contributed by atoms with van der Waals surface area (Å²) in [5, 5.41) is 11.9. The van der Waals surface area contributed by atoms with Gasteiger partial charge in [-0.05, 0) is 0 Å². The zero-order valence-electron chi connectivity index (χ0n) is 14.3. The van der Waals surface area contributed by atoms with Crippen LogP contribution in [0.3, 0.4) is 0 Å². The molecular weight excluding hydrogens is 449 g/mol. The Bertz CT molecular complexity index is 658. The van der Waals surface area contributed by atoms with E-state index in [2.05, 4.69) is 13.1 Å². The van der Waals surface area contributed by atoms with Gasteiger partial charge in [-0.3, -0.25) is 0 Å². The Morgan fingerprint density at radius 1 is 1.50 bits per heavy atom. The van der Waals surface area contributed by atoms with Gasteiger partial charge >= 0.3 is 159 Å². The molecule has 0 radical (unpaired) electrons. The van der Waals surface area contributed by atoms with Crippen molar-refractivity contribution in [3.63, 3.8) is 0 Å².